The largest absolute Gasteiger partial charge is 0.456 e. The van der Waals surface area contributed by atoms with Gasteiger partial charge in [0.1, 0.15) is 34.2 Å². The number of hydrogen-bond acceptors (Lipinski definition) is 3. The molecule has 0 N–H and O–H groups in total. The van der Waals surface area contributed by atoms with E-state index in [1.165, 1.54) is 5.56 Å². The Labute approximate surface area is 200 Å². The summed E-state index contributed by atoms with van der Waals surface area (Å²) in [5.74, 6) is 3.43. The van der Waals surface area contributed by atoms with Crippen LogP contribution in [0.2, 0.25) is 0 Å². The summed E-state index contributed by atoms with van der Waals surface area (Å²) in [4.78, 5) is 0. The number of rotatable bonds is 2. The van der Waals surface area contributed by atoms with Gasteiger partial charge in [0.2, 0.25) is 0 Å². The third-order valence-electron chi connectivity index (χ3n) is 6.93. The summed E-state index contributed by atoms with van der Waals surface area (Å²) < 4.78 is 18.7. The predicted octanol–water partition coefficient (Wildman–Crippen LogP) is 9.44. The molecule has 3 nitrogen and oxygen atoms in total. The minimum absolute atomic E-state index is 0.828. The van der Waals surface area contributed by atoms with Crippen LogP contribution >= 0.6 is 0 Å². The van der Waals surface area contributed by atoms with E-state index in [2.05, 4.69) is 60.7 Å². The van der Waals surface area contributed by atoms with Gasteiger partial charge in [-0.05, 0) is 65.5 Å². The first-order valence-corrected chi connectivity index (χ1v) is 11.7. The van der Waals surface area contributed by atoms with E-state index in [-0.39, 0.29) is 0 Å². The summed E-state index contributed by atoms with van der Waals surface area (Å²) in [6.45, 7) is 0. The molecule has 164 valence electrons. The first-order chi connectivity index (χ1) is 17.3. The highest BCUT2D eigenvalue weighted by atomic mass is 16.5. The van der Waals surface area contributed by atoms with Gasteiger partial charge in [-0.25, -0.2) is 0 Å². The van der Waals surface area contributed by atoms with Crippen LogP contribution in [0.4, 0.5) is 0 Å². The Morgan fingerprint density at radius 1 is 0.429 bits per heavy atom. The van der Waals surface area contributed by atoms with Crippen molar-refractivity contribution in [3.05, 3.63) is 109 Å². The van der Waals surface area contributed by atoms with E-state index in [0.29, 0.717) is 0 Å². The predicted molar refractivity (Wildman–Crippen MR) is 140 cm³/mol. The number of furan rings is 2. The van der Waals surface area contributed by atoms with Crippen molar-refractivity contribution in [2.24, 2.45) is 0 Å². The summed E-state index contributed by atoms with van der Waals surface area (Å²) in [5.41, 5.74) is 6.15. The molecule has 0 aliphatic carbocycles. The van der Waals surface area contributed by atoms with E-state index >= 15 is 0 Å². The average molecular weight is 450 g/mol. The molecule has 8 rings (SSSR count). The highest BCUT2D eigenvalue weighted by molar-refractivity contribution is 6.09. The highest BCUT2D eigenvalue weighted by Crippen LogP contribution is 2.48. The zero-order valence-electron chi connectivity index (χ0n) is 18.6. The van der Waals surface area contributed by atoms with E-state index in [0.717, 1.165) is 72.4 Å². The number of fused-ring (bicyclic) bond motifs is 5. The standard InChI is InChI=1S/C32H18O3/c1-3-10-27-20(6-1)23-8-5-9-24-22(13-15-31(35-27)32(23)24)29-17-16-26(33-29)19-12-14-30-25(18-19)21-7-2-4-11-28(21)34-30/h1-18H. The Hall–Kier alpha value is -4.76. The van der Waals surface area contributed by atoms with E-state index < -0.39 is 0 Å². The van der Waals surface area contributed by atoms with Crippen LogP contribution in [0, 0.1) is 0 Å². The van der Waals surface area contributed by atoms with Crippen LogP contribution in [0.3, 0.4) is 0 Å². The molecule has 0 fully saturated rings. The second-order valence-electron chi connectivity index (χ2n) is 8.91. The van der Waals surface area contributed by atoms with Crippen LogP contribution in [0.5, 0.6) is 11.5 Å². The maximum atomic E-state index is 6.43. The Morgan fingerprint density at radius 2 is 1.23 bits per heavy atom. The van der Waals surface area contributed by atoms with Crippen molar-refractivity contribution < 1.29 is 13.6 Å². The first kappa shape index (κ1) is 18.6. The molecular weight excluding hydrogens is 432 g/mol. The fourth-order valence-corrected chi connectivity index (χ4v) is 5.31. The van der Waals surface area contributed by atoms with Crippen molar-refractivity contribution in [3.8, 4) is 45.3 Å². The van der Waals surface area contributed by atoms with Gasteiger partial charge >= 0.3 is 0 Å². The van der Waals surface area contributed by atoms with Gasteiger partial charge in [0.15, 0.2) is 0 Å². The van der Waals surface area contributed by atoms with Crippen LogP contribution in [0.1, 0.15) is 0 Å². The van der Waals surface area contributed by atoms with Crippen molar-refractivity contribution >= 4 is 32.7 Å². The van der Waals surface area contributed by atoms with Crippen molar-refractivity contribution in [1.82, 2.24) is 0 Å². The van der Waals surface area contributed by atoms with Gasteiger partial charge in [-0.3, -0.25) is 0 Å². The molecule has 0 spiro atoms. The Kier molecular flexibility index (Phi) is 3.66. The maximum absolute atomic E-state index is 6.43. The van der Waals surface area contributed by atoms with Crippen LogP contribution < -0.4 is 4.74 Å². The van der Waals surface area contributed by atoms with Crippen LogP contribution in [0.15, 0.2) is 118 Å². The molecule has 0 atom stereocenters. The number of ether oxygens (including phenoxy) is 1. The molecule has 0 amide bonds. The summed E-state index contributed by atoms with van der Waals surface area (Å²) in [5, 5.41) is 4.44. The zero-order valence-corrected chi connectivity index (χ0v) is 18.6. The topological polar surface area (TPSA) is 35.5 Å². The lowest BCUT2D eigenvalue weighted by Gasteiger charge is -2.22. The molecule has 0 bridgehead atoms. The van der Waals surface area contributed by atoms with Gasteiger partial charge in [0.25, 0.3) is 0 Å². The van der Waals surface area contributed by atoms with E-state index in [1.807, 2.05) is 48.5 Å². The Balaban J connectivity index is 1.28. The molecule has 1 aliphatic heterocycles. The molecule has 0 saturated heterocycles. The van der Waals surface area contributed by atoms with E-state index in [9.17, 15) is 0 Å². The maximum Gasteiger partial charge on any atom is 0.135 e. The molecule has 3 heterocycles. The molecule has 7 aromatic rings. The molecule has 0 unspecified atom stereocenters. The van der Waals surface area contributed by atoms with Gasteiger partial charge in [0, 0.05) is 32.8 Å². The molecule has 0 radical (unpaired) electrons. The van der Waals surface area contributed by atoms with Crippen molar-refractivity contribution in [1.29, 1.82) is 0 Å². The van der Waals surface area contributed by atoms with Crippen LogP contribution in [-0.2, 0) is 0 Å². The van der Waals surface area contributed by atoms with Crippen molar-refractivity contribution in [3.63, 3.8) is 0 Å². The Morgan fingerprint density at radius 3 is 2.23 bits per heavy atom. The minimum Gasteiger partial charge on any atom is -0.456 e. The zero-order chi connectivity index (χ0) is 22.9. The third kappa shape index (κ3) is 2.66. The lowest BCUT2D eigenvalue weighted by molar-refractivity contribution is 0.487. The number of para-hydroxylation sites is 2. The molecule has 1 aliphatic rings. The van der Waals surface area contributed by atoms with Gasteiger partial charge in [-0.2, -0.15) is 0 Å². The molecule has 35 heavy (non-hydrogen) atoms. The summed E-state index contributed by atoms with van der Waals surface area (Å²) >= 11 is 0. The van der Waals surface area contributed by atoms with E-state index in [4.69, 9.17) is 13.6 Å². The lowest BCUT2D eigenvalue weighted by atomic mass is 9.92. The second kappa shape index (κ2) is 6.87. The molecule has 0 saturated carbocycles. The lowest BCUT2D eigenvalue weighted by Crippen LogP contribution is -1.97. The highest BCUT2D eigenvalue weighted by Gasteiger charge is 2.22. The second-order valence-corrected chi connectivity index (χ2v) is 8.91. The summed E-state index contributed by atoms with van der Waals surface area (Å²) in [6.07, 6.45) is 0. The Bertz CT molecular complexity index is 1940. The van der Waals surface area contributed by atoms with Gasteiger partial charge < -0.3 is 13.6 Å². The fraction of sp³-hybridized carbons (Fsp3) is 0. The van der Waals surface area contributed by atoms with Gasteiger partial charge in [-0.15, -0.1) is 0 Å². The third-order valence-corrected chi connectivity index (χ3v) is 6.93. The van der Waals surface area contributed by atoms with Gasteiger partial charge in [0.05, 0.1) is 0 Å². The minimum atomic E-state index is 0.828. The number of benzene rings is 5. The number of hydrogen-bond donors (Lipinski definition) is 0. The molecule has 3 heteroatoms. The summed E-state index contributed by atoms with van der Waals surface area (Å²) in [7, 11) is 0. The smallest absolute Gasteiger partial charge is 0.135 e. The molecule has 5 aromatic carbocycles. The quantitative estimate of drug-likeness (QED) is 0.263. The molecular formula is C32H18O3. The summed E-state index contributed by atoms with van der Waals surface area (Å²) in [6, 6.07) is 37.2. The molecule has 2 aromatic heterocycles. The monoisotopic (exact) mass is 450 g/mol. The SMILES string of the molecule is c1ccc2c(c1)Oc1ccc(-c3ccc(-c4ccc5oc6ccccc6c5c4)o3)c3cccc-2c13. The van der Waals surface area contributed by atoms with Crippen LogP contribution in [-0.4, -0.2) is 0 Å². The average Bonchev–Trinajstić information content (AvgIpc) is 3.54. The van der Waals surface area contributed by atoms with E-state index in [1.54, 1.807) is 0 Å². The normalized spacial score (nSPS) is 12.2. The van der Waals surface area contributed by atoms with Crippen molar-refractivity contribution in [2.75, 3.05) is 0 Å². The van der Waals surface area contributed by atoms with Gasteiger partial charge in [-0.1, -0.05) is 54.6 Å². The first-order valence-electron chi connectivity index (χ1n) is 11.7. The van der Waals surface area contributed by atoms with Crippen molar-refractivity contribution in [2.45, 2.75) is 0 Å². The fourth-order valence-electron chi connectivity index (χ4n) is 5.31. The van der Waals surface area contributed by atoms with Crippen LogP contribution in [0.25, 0.3) is 66.5 Å².